The molecule has 0 saturated heterocycles. The van der Waals surface area contributed by atoms with Crippen molar-refractivity contribution < 1.29 is 4.79 Å². The molecule has 0 radical (unpaired) electrons. The van der Waals surface area contributed by atoms with Crippen molar-refractivity contribution in [3.05, 3.63) is 63.8 Å². The number of aromatic nitrogens is 2. The van der Waals surface area contributed by atoms with Crippen LogP contribution in [0, 0.1) is 11.3 Å². The Kier molecular flexibility index (Phi) is 5.03. The number of nitriles is 1. The fraction of sp³-hybridized carbons (Fsp3) is 0.167. The van der Waals surface area contributed by atoms with Crippen molar-refractivity contribution in [2.45, 2.75) is 18.4 Å². The van der Waals surface area contributed by atoms with E-state index >= 15 is 0 Å². The Morgan fingerprint density at radius 1 is 1.33 bits per heavy atom. The Hall–Kier alpha value is -2.10. The number of thioether (sulfide) groups is 1. The van der Waals surface area contributed by atoms with Gasteiger partial charge in [-0.1, -0.05) is 46.7 Å². The highest BCUT2D eigenvalue weighted by molar-refractivity contribution is 9.10. The van der Waals surface area contributed by atoms with Gasteiger partial charge < -0.3 is 0 Å². The minimum Gasteiger partial charge on any atom is -0.293 e. The third kappa shape index (κ3) is 3.37. The van der Waals surface area contributed by atoms with Crippen LogP contribution in [0.4, 0.5) is 0 Å². The van der Waals surface area contributed by atoms with E-state index in [2.05, 4.69) is 34.0 Å². The molecule has 0 spiro atoms. The van der Waals surface area contributed by atoms with Crippen LogP contribution in [0.1, 0.15) is 28.4 Å². The van der Waals surface area contributed by atoms with Crippen LogP contribution < -0.4 is 0 Å². The van der Waals surface area contributed by atoms with Gasteiger partial charge in [-0.25, -0.2) is 4.52 Å². The van der Waals surface area contributed by atoms with Crippen LogP contribution in [-0.4, -0.2) is 21.2 Å². The van der Waals surface area contributed by atoms with E-state index in [0.717, 1.165) is 22.0 Å². The van der Waals surface area contributed by atoms with E-state index < -0.39 is 0 Å². The van der Waals surface area contributed by atoms with E-state index in [0.29, 0.717) is 16.2 Å². The predicted octanol–water partition coefficient (Wildman–Crippen LogP) is 4.51. The molecule has 6 heteroatoms. The highest BCUT2D eigenvalue weighted by Gasteiger charge is 2.15. The molecular formula is C18H14BrN3OS. The number of hydrogen-bond acceptors (Lipinski definition) is 4. The van der Waals surface area contributed by atoms with Crippen LogP contribution in [0.2, 0.25) is 0 Å². The van der Waals surface area contributed by atoms with Crippen molar-refractivity contribution in [2.24, 2.45) is 0 Å². The SMILES string of the molecule is CCc1ccn2nc(SCC(=O)c3ccc(Br)cc3)c(C#N)c2c1. The zero-order valence-electron chi connectivity index (χ0n) is 13.0. The molecule has 0 amide bonds. The zero-order chi connectivity index (χ0) is 17.1. The van der Waals surface area contributed by atoms with Crippen molar-refractivity contribution in [3.63, 3.8) is 0 Å². The Bertz CT molecular complexity index is 941. The Morgan fingerprint density at radius 2 is 2.08 bits per heavy atom. The molecule has 0 saturated carbocycles. The highest BCUT2D eigenvalue weighted by Crippen LogP contribution is 2.26. The lowest BCUT2D eigenvalue weighted by atomic mass is 10.2. The number of Topliss-reactive ketones (excluding diaryl/α,β-unsaturated/α-hetero) is 1. The van der Waals surface area contributed by atoms with Crippen molar-refractivity contribution in [1.82, 2.24) is 9.61 Å². The van der Waals surface area contributed by atoms with Gasteiger partial charge in [-0.05, 0) is 36.2 Å². The van der Waals surface area contributed by atoms with Gasteiger partial charge in [0.2, 0.25) is 0 Å². The van der Waals surface area contributed by atoms with Gasteiger partial charge in [0.1, 0.15) is 16.7 Å². The number of hydrogen-bond donors (Lipinski definition) is 0. The van der Waals surface area contributed by atoms with E-state index in [1.54, 1.807) is 16.6 Å². The third-order valence-corrected chi connectivity index (χ3v) is 5.19. The maximum absolute atomic E-state index is 12.3. The summed E-state index contributed by atoms with van der Waals surface area (Å²) in [6.07, 6.45) is 2.76. The second kappa shape index (κ2) is 7.20. The van der Waals surface area contributed by atoms with Crippen LogP contribution >= 0.6 is 27.7 Å². The lowest BCUT2D eigenvalue weighted by Crippen LogP contribution is -2.02. The maximum atomic E-state index is 12.3. The molecule has 0 unspecified atom stereocenters. The Morgan fingerprint density at radius 3 is 2.75 bits per heavy atom. The minimum atomic E-state index is 0.0164. The third-order valence-electron chi connectivity index (χ3n) is 3.69. The highest BCUT2D eigenvalue weighted by atomic mass is 79.9. The Balaban J connectivity index is 1.83. The number of ketones is 1. The molecule has 1 aromatic carbocycles. The fourth-order valence-corrected chi connectivity index (χ4v) is 3.49. The molecule has 0 bridgehead atoms. The average molecular weight is 400 g/mol. The first-order valence-corrected chi connectivity index (χ1v) is 9.23. The molecule has 2 aromatic heterocycles. The second-order valence-corrected chi connectivity index (χ2v) is 7.11. The topological polar surface area (TPSA) is 58.2 Å². The lowest BCUT2D eigenvalue weighted by Gasteiger charge is -2.00. The van der Waals surface area contributed by atoms with E-state index in [4.69, 9.17) is 0 Å². The van der Waals surface area contributed by atoms with E-state index in [9.17, 15) is 10.1 Å². The molecule has 120 valence electrons. The summed E-state index contributed by atoms with van der Waals surface area (Å²) in [7, 11) is 0. The summed E-state index contributed by atoms with van der Waals surface area (Å²) in [5.41, 5.74) is 3.12. The summed E-state index contributed by atoms with van der Waals surface area (Å²) in [6, 6.07) is 13.4. The summed E-state index contributed by atoms with van der Waals surface area (Å²) in [5.74, 6) is 0.267. The molecule has 3 aromatic rings. The maximum Gasteiger partial charge on any atom is 0.173 e. The Labute approximate surface area is 152 Å². The van der Waals surface area contributed by atoms with Gasteiger partial charge in [-0.15, -0.1) is 0 Å². The number of halogens is 1. The number of rotatable bonds is 5. The summed E-state index contributed by atoms with van der Waals surface area (Å²) in [6.45, 7) is 2.07. The molecule has 0 aliphatic rings. The predicted molar refractivity (Wildman–Crippen MR) is 98.5 cm³/mol. The van der Waals surface area contributed by atoms with Gasteiger partial charge in [0.05, 0.1) is 11.3 Å². The number of carbonyl (C=O) groups is 1. The number of fused-ring (bicyclic) bond motifs is 1. The van der Waals surface area contributed by atoms with Gasteiger partial charge in [-0.2, -0.15) is 10.4 Å². The number of pyridine rings is 1. The molecule has 0 atom stereocenters. The number of nitrogens with zero attached hydrogens (tertiary/aromatic N) is 3. The molecule has 0 aliphatic carbocycles. The van der Waals surface area contributed by atoms with Crippen LogP contribution in [-0.2, 0) is 6.42 Å². The van der Waals surface area contributed by atoms with Crippen molar-refractivity contribution in [3.8, 4) is 6.07 Å². The molecule has 0 N–H and O–H groups in total. The quantitative estimate of drug-likeness (QED) is 0.467. The number of carbonyl (C=O) groups excluding carboxylic acids is 1. The molecule has 2 heterocycles. The first-order chi connectivity index (χ1) is 11.6. The lowest BCUT2D eigenvalue weighted by molar-refractivity contribution is 0.102. The smallest absolute Gasteiger partial charge is 0.173 e. The van der Waals surface area contributed by atoms with Gasteiger partial charge in [0.15, 0.2) is 5.78 Å². The van der Waals surface area contributed by atoms with Crippen LogP contribution in [0.25, 0.3) is 5.52 Å². The normalized spacial score (nSPS) is 10.7. The van der Waals surface area contributed by atoms with Crippen molar-refractivity contribution >= 4 is 39.0 Å². The average Bonchev–Trinajstić information content (AvgIpc) is 2.96. The summed E-state index contributed by atoms with van der Waals surface area (Å²) < 4.78 is 2.63. The van der Waals surface area contributed by atoms with Gasteiger partial charge >= 0.3 is 0 Å². The monoisotopic (exact) mass is 399 g/mol. The first-order valence-electron chi connectivity index (χ1n) is 7.45. The van der Waals surface area contributed by atoms with Crippen LogP contribution in [0.15, 0.2) is 52.1 Å². The molecule has 0 aliphatic heterocycles. The number of benzene rings is 1. The number of aryl methyl sites for hydroxylation is 1. The summed E-state index contributed by atoms with van der Waals surface area (Å²) >= 11 is 4.66. The van der Waals surface area contributed by atoms with Crippen molar-refractivity contribution in [1.29, 1.82) is 5.26 Å². The van der Waals surface area contributed by atoms with E-state index in [1.165, 1.54) is 11.8 Å². The van der Waals surface area contributed by atoms with E-state index in [1.807, 2.05) is 30.5 Å². The second-order valence-electron chi connectivity index (χ2n) is 5.23. The van der Waals surface area contributed by atoms with Gasteiger partial charge in [-0.3, -0.25) is 4.79 Å². The largest absolute Gasteiger partial charge is 0.293 e. The molecular weight excluding hydrogens is 386 g/mol. The first kappa shape index (κ1) is 16.7. The molecule has 24 heavy (non-hydrogen) atoms. The van der Waals surface area contributed by atoms with E-state index in [-0.39, 0.29) is 11.5 Å². The van der Waals surface area contributed by atoms with Crippen LogP contribution in [0.5, 0.6) is 0 Å². The van der Waals surface area contributed by atoms with Crippen LogP contribution in [0.3, 0.4) is 0 Å². The van der Waals surface area contributed by atoms with Gasteiger partial charge in [0.25, 0.3) is 0 Å². The minimum absolute atomic E-state index is 0.0164. The zero-order valence-corrected chi connectivity index (χ0v) is 15.4. The molecule has 0 fully saturated rings. The summed E-state index contributed by atoms with van der Waals surface area (Å²) in [4.78, 5) is 12.3. The van der Waals surface area contributed by atoms with Gasteiger partial charge in [0, 0.05) is 16.2 Å². The fourth-order valence-electron chi connectivity index (χ4n) is 2.35. The van der Waals surface area contributed by atoms with Crippen molar-refractivity contribution in [2.75, 3.05) is 5.75 Å². The molecule has 4 nitrogen and oxygen atoms in total. The summed E-state index contributed by atoms with van der Waals surface area (Å²) in [5, 5.41) is 14.5. The molecule has 3 rings (SSSR count). The standard InChI is InChI=1S/C18H14BrN3OS/c1-2-12-7-8-22-16(9-12)15(10-20)18(21-22)24-11-17(23)13-3-5-14(19)6-4-13/h3-9H,2,11H2,1H3.